The SMILES string of the molecule is CCOC(=O)N1CCC(S(=O)(=O)c2ccc(C(F)(F)F)cc2)CC1. The Labute approximate surface area is 138 Å². The molecule has 0 aromatic heterocycles. The van der Waals surface area contributed by atoms with Gasteiger partial charge in [-0.15, -0.1) is 0 Å². The highest BCUT2D eigenvalue weighted by Crippen LogP contribution is 2.31. The molecule has 0 unspecified atom stereocenters. The van der Waals surface area contributed by atoms with Crippen molar-refractivity contribution in [1.82, 2.24) is 4.90 Å². The molecule has 1 heterocycles. The molecule has 1 saturated heterocycles. The van der Waals surface area contributed by atoms with Crippen LogP contribution >= 0.6 is 0 Å². The number of nitrogens with zero attached hydrogens (tertiary/aromatic N) is 1. The van der Waals surface area contributed by atoms with E-state index in [4.69, 9.17) is 4.74 Å². The van der Waals surface area contributed by atoms with Crippen LogP contribution in [0.5, 0.6) is 0 Å². The fraction of sp³-hybridized carbons (Fsp3) is 0.533. The minimum Gasteiger partial charge on any atom is -0.450 e. The molecular formula is C15H18F3NO4S. The van der Waals surface area contributed by atoms with Crippen molar-refractivity contribution < 1.29 is 31.1 Å². The molecule has 24 heavy (non-hydrogen) atoms. The summed E-state index contributed by atoms with van der Waals surface area (Å²) >= 11 is 0. The Morgan fingerprint density at radius 3 is 2.21 bits per heavy atom. The van der Waals surface area contributed by atoms with Gasteiger partial charge in [-0.2, -0.15) is 13.2 Å². The molecule has 0 saturated carbocycles. The van der Waals surface area contributed by atoms with Gasteiger partial charge in [0.05, 0.1) is 22.3 Å². The molecule has 1 aliphatic heterocycles. The van der Waals surface area contributed by atoms with E-state index in [0.717, 1.165) is 24.3 Å². The number of alkyl halides is 3. The van der Waals surface area contributed by atoms with Crippen LogP contribution in [-0.4, -0.2) is 44.4 Å². The first-order valence-electron chi connectivity index (χ1n) is 7.49. The van der Waals surface area contributed by atoms with Crippen LogP contribution in [0.25, 0.3) is 0 Å². The molecule has 0 atom stereocenters. The zero-order valence-corrected chi connectivity index (χ0v) is 13.9. The molecule has 1 fully saturated rings. The van der Waals surface area contributed by atoms with Gasteiger partial charge >= 0.3 is 12.3 Å². The van der Waals surface area contributed by atoms with Gasteiger partial charge in [-0.3, -0.25) is 0 Å². The molecule has 1 aromatic carbocycles. The van der Waals surface area contributed by atoms with Crippen LogP contribution in [0, 0.1) is 0 Å². The molecule has 5 nitrogen and oxygen atoms in total. The number of carbonyl (C=O) groups excluding carboxylic acids is 1. The van der Waals surface area contributed by atoms with E-state index in [0.29, 0.717) is 0 Å². The molecule has 0 aliphatic carbocycles. The summed E-state index contributed by atoms with van der Waals surface area (Å²) in [6, 6.07) is 3.49. The van der Waals surface area contributed by atoms with E-state index in [1.54, 1.807) is 6.92 Å². The van der Waals surface area contributed by atoms with Crippen molar-refractivity contribution in [3.05, 3.63) is 29.8 Å². The van der Waals surface area contributed by atoms with Gasteiger partial charge in [0.1, 0.15) is 0 Å². The van der Waals surface area contributed by atoms with Gasteiger partial charge in [0.2, 0.25) is 0 Å². The number of sulfone groups is 1. The molecule has 0 bridgehead atoms. The molecule has 1 aromatic rings. The minimum absolute atomic E-state index is 0.134. The van der Waals surface area contributed by atoms with Crippen molar-refractivity contribution in [2.75, 3.05) is 19.7 Å². The summed E-state index contributed by atoms with van der Waals surface area (Å²) in [5, 5.41) is -0.722. The topological polar surface area (TPSA) is 63.7 Å². The number of halogens is 3. The van der Waals surface area contributed by atoms with E-state index in [2.05, 4.69) is 0 Å². The lowest BCUT2D eigenvalue weighted by Crippen LogP contribution is -2.42. The van der Waals surface area contributed by atoms with Gasteiger partial charge in [-0.1, -0.05) is 0 Å². The normalized spacial score (nSPS) is 16.9. The van der Waals surface area contributed by atoms with Crippen LogP contribution in [-0.2, 0) is 20.8 Å². The molecule has 0 N–H and O–H groups in total. The van der Waals surface area contributed by atoms with Crippen molar-refractivity contribution in [2.45, 2.75) is 36.1 Å². The van der Waals surface area contributed by atoms with Gasteiger partial charge in [-0.05, 0) is 44.0 Å². The van der Waals surface area contributed by atoms with Crippen LogP contribution in [0.1, 0.15) is 25.3 Å². The number of amides is 1. The summed E-state index contributed by atoms with van der Waals surface area (Å²) in [4.78, 5) is 12.9. The molecule has 0 radical (unpaired) electrons. The van der Waals surface area contributed by atoms with Crippen LogP contribution < -0.4 is 0 Å². The van der Waals surface area contributed by atoms with E-state index in [1.807, 2.05) is 0 Å². The van der Waals surface area contributed by atoms with Crippen molar-refractivity contribution in [2.24, 2.45) is 0 Å². The number of rotatable bonds is 3. The van der Waals surface area contributed by atoms with E-state index < -0.39 is 32.9 Å². The Bertz CT molecular complexity index is 678. The lowest BCUT2D eigenvalue weighted by atomic mass is 10.1. The lowest BCUT2D eigenvalue weighted by Gasteiger charge is -2.31. The zero-order chi connectivity index (χ0) is 18.0. The van der Waals surface area contributed by atoms with Gasteiger partial charge in [-0.25, -0.2) is 13.2 Å². The fourth-order valence-corrected chi connectivity index (χ4v) is 4.32. The molecule has 2 rings (SSSR count). The Balaban J connectivity index is 2.08. The maximum atomic E-state index is 12.6. The third kappa shape index (κ3) is 4.00. The Hall–Kier alpha value is -1.77. The average molecular weight is 365 g/mol. The molecule has 134 valence electrons. The summed E-state index contributed by atoms with van der Waals surface area (Å²) in [7, 11) is -3.73. The van der Waals surface area contributed by atoms with Crippen molar-refractivity contribution in [3.63, 3.8) is 0 Å². The largest absolute Gasteiger partial charge is 0.450 e. The predicted octanol–water partition coefficient (Wildman–Crippen LogP) is 3.10. The van der Waals surface area contributed by atoms with Crippen LogP contribution in [0.15, 0.2) is 29.2 Å². The second-order valence-corrected chi connectivity index (χ2v) is 7.68. The monoisotopic (exact) mass is 365 g/mol. The lowest BCUT2D eigenvalue weighted by molar-refractivity contribution is -0.137. The molecule has 1 aliphatic rings. The second-order valence-electron chi connectivity index (χ2n) is 5.45. The highest BCUT2D eigenvalue weighted by molar-refractivity contribution is 7.92. The second kappa shape index (κ2) is 7.00. The first-order chi connectivity index (χ1) is 11.2. The maximum Gasteiger partial charge on any atom is 0.416 e. The average Bonchev–Trinajstić information content (AvgIpc) is 2.54. The van der Waals surface area contributed by atoms with Gasteiger partial charge in [0, 0.05) is 13.1 Å². The smallest absolute Gasteiger partial charge is 0.416 e. The van der Waals surface area contributed by atoms with Gasteiger partial charge in [0.25, 0.3) is 0 Å². The number of benzene rings is 1. The Morgan fingerprint density at radius 2 is 1.75 bits per heavy atom. The summed E-state index contributed by atoms with van der Waals surface area (Å²) in [5.74, 6) is 0. The number of likely N-dealkylation sites (tertiary alicyclic amines) is 1. The van der Waals surface area contributed by atoms with Crippen molar-refractivity contribution >= 4 is 15.9 Å². The molecular weight excluding hydrogens is 347 g/mol. The van der Waals surface area contributed by atoms with Crippen LogP contribution in [0.4, 0.5) is 18.0 Å². The van der Waals surface area contributed by atoms with Crippen molar-refractivity contribution in [1.29, 1.82) is 0 Å². The third-order valence-corrected chi connectivity index (χ3v) is 6.20. The first kappa shape index (κ1) is 18.6. The highest BCUT2D eigenvalue weighted by atomic mass is 32.2. The van der Waals surface area contributed by atoms with E-state index >= 15 is 0 Å². The maximum absolute atomic E-state index is 12.6. The number of ether oxygens (including phenoxy) is 1. The predicted molar refractivity (Wildman–Crippen MR) is 80.2 cm³/mol. The quantitative estimate of drug-likeness (QED) is 0.826. The summed E-state index contributed by atoms with van der Waals surface area (Å²) in [6.45, 7) is 2.40. The van der Waals surface area contributed by atoms with Gasteiger partial charge in [0.15, 0.2) is 9.84 Å². The highest BCUT2D eigenvalue weighted by Gasteiger charge is 2.34. The van der Waals surface area contributed by atoms with Crippen molar-refractivity contribution in [3.8, 4) is 0 Å². The first-order valence-corrected chi connectivity index (χ1v) is 9.03. The Kier molecular flexibility index (Phi) is 5.42. The zero-order valence-electron chi connectivity index (χ0n) is 13.0. The summed E-state index contributed by atoms with van der Waals surface area (Å²) < 4.78 is 67.6. The van der Waals surface area contributed by atoms with Gasteiger partial charge < -0.3 is 9.64 Å². The molecule has 9 heteroatoms. The number of hydrogen-bond donors (Lipinski definition) is 0. The van der Waals surface area contributed by atoms with Crippen LogP contribution in [0.3, 0.4) is 0 Å². The van der Waals surface area contributed by atoms with E-state index in [-0.39, 0.29) is 37.4 Å². The van der Waals surface area contributed by atoms with E-state index in [1.165, 1.54) is 4.90 Å². The van der Waals surface area contributed by atoms with Crippen LogP contribution in [0.2, 0.25) is 0 Å². The molecule has 1 amide bonds. The number of piperidine rings is 1. The summed E-state index contributed by atoms with van der Waals surface area (Å²) in [5.41, 5.74) is -0.890. The molecule has 0 spiro atoms. The third-order valence-electron chi connectivity index (χ3n) is 3.92. The van der Waals surface area contributed by atoms with E-state index in [9.17, 15) is 26.4 Å². The standard InChI is InChI=1S/C15H18F3NO4S/c1-2-23-14(20)19-9-7-13(8-10-19)24(21,22)12-5-3-11(4-6-12)15(16,17)18/h3-6,13H,2,7-10H2,1H3. The fourth-order valence-electron chi connectivity index (χ4n) is 2.59. The summed E-state index contributed by atoms with van der Waals surface area (Å²) in [6.07, 6.45) is -4.54. The minimum atomic E-state index is -4.51. The number of carbonyl (C=O) groups is 1. The Morgan fingerprint density at radius 1 is 1.21 bits per heavy atom. The number of hydrogen-bond acceptors (Lipinski definition) is 4.